The van der Waals surface area contributed by atoms with E-state index in [-0.39, 0.29) is 17.3 Å². The van der Waals surface area contributed by atoms with E-state index in [1.54, 1.807) is 18.3 Å². The highest BCUT2D eigenvalue weighted by atomic mass is 32.2. The average Bonchev–Trinajstić information content (AvgIpc) is 3.15. The second-order valence-electron chi connectivity index (χ2n) is 6.25. The van der Waals surface area contributed by atoms with Gasteiger partial charge in [-0.3, -0.25) is 4.79 Å². The Morgan fingerprint density at radius 3 is 2.50 bits per heavy atom. The molecule has 1 aliphatic heterocycles. The quantitative estimate of drug-likeness (QED) is 0.808. The van der Waals surface area contributed by atoms with Crippen molar-refractivity contribution in [2.45, 2.75) is 31.2 Å². The maximum absolute atomic E-state index is 12.5. The van der Waals surface area contributed by atoms with E-state index in [0.717, 1.165) is 37.3 Å². The minimum absolute atomic E-state index is 0.153. The number of pyridine rings is 1. The number of hydrogen-bond acceptors (Lipinski definition) is 5. The van der Waals surface area contributed by atoms with Crippen LogP contribution >= 0.6 is 0 Å². The van der Waals surface area contributed by atoms with Crippen molar-refractivity contribution in [1.82, 2.24) is 9.71 Å². The van der Waals surface area contributed by atoms with Gasteiger partial charge in [-0.15, -0.1) is 0 Å². The average molecular weight is 374 g/mol. The lowest BCUT2D eigenvalue weighted by atomic mass is 10.2. The first-order valence-electron chi connectivity index (χ1n) is 8.51. The van der Waals surface area contributed by atoms with E-state index in [1.807, 2.05) is 12.1 Å². The highest BCUT2D eigenvalue weighted by molar-refractivity contribution is 7.89. The highest BCUT2D eigenvalue weighted by Crippen LogP contribution is 2.19. The number of aromatic nitrogens is 1. The monoisotopic (exact) mass is 374 g/mol. The number of hydrogen-bond donors (Lipinski definition) is 2. The third-order valence-electron chi connectivity index (χ3n) is 4.19. The second kappa shape index (κ2) is 7.84. The van der Waals surface area contributed by atoms with Gasteiger partial charge in [0.1, 0.15) is 5.82 Å². The summed E-state index contributed by atoms with van der Waals surface area (Å²) in [7, 11) is -3.63. The molecule has 7 nitrogen and oxygen atoms in total. The molecule has 0 bridgehead atoms. The van der Waals surface area contributed by atoms with E-state index in [4.69, 9.17) is 0 Å². The van der Waals surface area contributed by atoms with Crippen LogP contribution in [-0.2, 0) is 21.4 Å². The zero-order valence-corrected chi connectivity index (χ0v) is 15.4. The lowest BCUT2D eigenvalue weighted by Gasteiger charge is -2.17. The summed E-state index contributed by atoms with van der Waals surface area (Å²) < 4.78 is 27.5. The maximum atomic E-state index is 12.5. The van der Waals surface area contributed by atoms with Crippen molar-refractivity contribution >= 4 is 27.4 Å². The van der Waals surface area contributed by atoms with Crippen LogP contribution in [0.2, 0.25) is 0 Å². The van der Waals surface area contributed by atoms with Crippen LogP contribution in [0.3, 0.4) is 0 Å². The van der Waals surface area contributed by atoms with Crippen molar-refractivity contribution in [3.8, 4) is 0 Å². The fourth-order valence-corrected chi connectivity index (χ4v) is 3.89. The lowest BCUT2D eigenvalue weighted by molar-refractivity contribution is -0.114. The highest BCUT2D eigenvalue weighted by Gasteiger charge is 2.16. The molecule has 0 unspecified atom stereocenters. The van der Waals surface area contributed by atoms with Gasteiger partial charge in [-0.1, -0.05) is 0 Å². The summed E-state index contributed by atoms with van der Waals surface area (Å²) in [5.74, 6) is 0.684. The number of sulfonamides is 1. The van der Waals surface area contributed by atoms with Gasteiger partial charge in [0, 0.05) is 38.4 Å². The van der Waals surface area contributed by atoms with Gasteiger partial charge in [0.25, 0.3) is 0 Å². The summed E-state index contributed by atoms with van der Waals surface area (Å²) in [5, 5.41) is 2.61. The van der Waals surface area contributed by atoms with E-state index in [9.17, 15) is 13.2 Å². The Morgan fingerprint density at radius 2 is 1.85 bits per heavy atom. The van der Waals surface area contributed by atoms with E-state index in [1.165, 1.54) is 19.1 Å². The van der Waals surface area contributed by atoms with Crippen molar-refractivity contribution in [3.63, 3.8) is 0 Å². The van der Waals surface area contributed by atoms with Gasteiger partial charge >= 0.3 is 0 Å². The van der Waals surface area contributed by atoms with Crippen LogP contribution in [-0.4, -0.2) is 32.4 Å². The van der Waals surface area contributed by atoms with Gasteiger partial charge in [0.2, 0.25) is 15.9 Å². The molecule has 3 rings (SSSR count). The van der Waals surface area contributed by atoms with Gasteiger partial charge in [0.05, 0.1) is 4.90 Å². The molecule has 0 saturated carbocycles. The number of carbonyl (C=O) groups is 1. The molecule has 2 heterocycles. The van der Waals surface area contributed by atoms with Gasteiger partial charge in [-0.25, -0.2) is 18.1 Å². The summed E-state index contributed by atoms with van der Waals surface area (Å²) in [5.41, 5.74) is 1.42. The predicted octanol–water partition coefficient (Wildman–Crippen LogP) is 2.12. The number of carbonyl (C=O) groups excluding carboxylic acids is 1. The first-order valence-corrected chi connectivity index (χ1v) is 9.99. The van der Waals surface area contributed by atoms with E-state index in [2.05, 4.69) is 19.9 Å². The van der Waals surface area contributed by atoms with Crippen LogP contribution in [0.5, 0.6) is 0 Å². The van der Waals surface area contributed by atoms with Gasteiger partial charge in [-0.2, -0.15) is 0 Å². The molecule has 0 radical (unpaired) electrons. The van der Waals surface area contributed by atoms with Crippen molar-refractivity contribution in [2.24, 2.45) is 0 Å². The molecule has 26 heavy (non-hydrogen) atoms. The van der Waals surface area contributed by atoms with E-state index >= 15 is 0 Å². The molecule has 0 spiro atoms. The minimum atomic E-state index is -3.63. The molecule has 0 atom stereocenters. The minimum Gasteiger partial charge on any atom is -0.357 e. The molecule has 0 aliphatic carbocycles. The second-order valence-corrected chi connectivity index (χ2v) is 8.01. The van der Waals surface area contributed by atoms with Gasteiger partial charge < -0.3 is 10.2 Å². The normalized spacial score (nSPS) is 14.4. The Balaban J connectivity index is 1.66. The predicted molar refractivity (Wildman–Crippen MR) is 100 cm³/mol. The Hall–Kier alpha value is -2.45. The van der Waals surface area contributed by atoms with Crippen LogP contribution in [0.1, 0.15) is 25.3 Å². The zero-order chi connectivity index (χ0) is 18.6. The van der Waals surface area contributed by atoms with Crippen molar-refractivity contribution < 1.29 is 13.2 Å². The summed E-state index contributed by atoms with van der Waals surface area (Å²) in [6.45, 7) is 3.57. The molecule has 2 N–H and O–H groups in total. The largest absolute Gasteiger partial charge is 0.357 e. The molecule has 2 aromatic rings. The molecule has 1 fully saturated rings. The standard InChI is InChI=1S/C18H22N4O3S/c1-14(23)21-16-4-6-17(7-5-16)26(24,25)20-13-15-8-9-19-18(12-15)22-10-2-3-11-22/h4-9,12,20H,2-3,10-11,13H2,1H3,(H,21,23). The van der Waals surface area contributed by atoms with Crippen LogP contribution in [0.4, 0.5) is 11.5 Å². The third kappa shape index (κ3) is 4.59. The number of nitrogens with one attached hydrogen (secondary N) is 2. The molecule has 1 aromatic carbocycles. The number of rotatable bonds is 6. The molecule has 1 aliphatic rings. The summed E-state index contributed by atoms with van der Waals surface area (Å²) in [4.78, 5) is 17.8. The molecule has 1 aromatic heterocycles. The van der Waals surface area contributed by atoms with E-state index in [0.29, 0.717) is 5.69 Å². The van der Waals surface area contributed by atoms with Crippen molar-refractivity contribution in [1.29, 1.82) is 0 Å². The Bertz CT molecular complexity index is 876. The van der Waals surface area contributed by atoms with Crippen LogP contribution in [0.25, 0.3) is 0 Å². The van der Waals surface area contributed by atoms with Crippen LogP contribution in [0, 0.1) is 0 Å². The van der Waals surface area contributed by atoms with E-state index < -0.39 is 10.0 Å². The van der Waals surface area contributed by atoms with Gasteiger partial charge in [0.15, 0.2) is 0 Å². The zero-order valence-electron chi connectivity index (χ0n) is 14.6. The molecule has 8 heteroatoms. The first kappa shape index (κ1) is 18.3. The smallest absolute Gasteiger partial charge is 0.240 e. The molecule has 1 amide bonds. The number of anilines is 2. The fraction of sp³-hybridized carbons (Fsp3) is 0.333. The Morgan fingerprint density at radius 1 is 1.15 bits per heavy atom. The maximum Gasteiger partial charge on any atom is 0.240 e. The Labute approximate surface area is 153 Å². The number of benzene rings is 1. The Kier molecular flexibility index (Phi) is 5.53. The SMILES string of the molecule is CC(=O)Nc1ccc(S(=O)(=O)NCc2ccnc(N3CCCC3)c2)cc1. The molecule has 138 valence electrons. The van der Waals surface area contributed by atoms with Gasteiger partial charge in [-0.05, 0) is 54.8 Å². The van der Waals surface area contributed by atoms with Crippen LogP contribution in [0.15, 0.2) is 47.5 Å². The van der Waals surface area contributed by atoms with Crippen molar-refractivity contribution in [2.75, 3.05) is 23.3 Å². The molecular formula is C18H22N4O3S. The lowest BCUT2D eigenvalue weighted by Crippen LogP contribution is -2.24. The summed E-state index contributed by atoms with van der Waals surface area (Å²) in [6, 6.07) is 9.79. The topological polar surface area (TPSA) is 91.4 Å². The number of nitrogens with zero attached hydrogens (tertiary/aromatic N) is 2. The van der Waals surface area contributed by atoms with Crippen LogP contribution < -0.4 is 14.9 Å². The fourth-order valence-electron chi connectivity index (χ4n) is 2.87. The third-order valence-corrected chi connectivity index (χ3v) is 5.61. The summed E-state index contributed by atoms with van der Waals surface area (Å²) >= 11 is 0. The molecule has 1 saturated heterocycles. The number of amides is 1. The molecular weight excluding hydrogens is 352 g/mol. The first-order chi connectivity index (χ1) is 12.4. The van der Waals surface area contributed by atoms with Crippen molar-refractivity contribution in [3.05, 3.63) is 48.2 Å². The summed E-state index contributed by atoms with van der Waals surface area (Å²) in [6.07, 6.45) is 4.03.